The molecule has 0 saturated heterocycles. The van der Waals surface area contributed by atoms with Crippen molar-refractivity contribution in [2.45, 2.75) is 19.3 Å². The maximum atomic E-state index is 4.82. The molecule has 3 aliphatic rings. The average molecular weight is 359 g/mol. The summed E-state index contributed by atoms with van der Waals surface area (Å²) in [6.07, 6.45) is 8.81. The van der Waals surface area contributed by atoms with Gasteiger partial charge in [0.1, 0.15) is 5.82 Å². The van der Waals surface area contributed by atoms with E-state index in [9.17, 15) is 0 Å². The quantitative estimate of drug-likeness (QED) is 0.367. The number of hydrogen-bond acceptors (Lipinski definition) is 3. The highest BCUT2D eigenvalue weighted by atomic mass is 15.2. The third-order valence-electron chi connectivity index (χ3n) is 6.40. The molecular formula is C25H17N3. The molecule has 0 atom stereocenters. The van der Waals surface area contributed by atoms with E-state index in [1.54, 1.807) is 0 Å². The molecule has 3 nitrogen and oxygen atoms in total. The van der Waals surface area contributed by atoms with Crippen LogP contribution >= 0.6 is 0 Å². The summed E-state index contributed by atoms with van der Waals surface area (Å²) in [7, 11) is 0. The number of nitrogens with zero attached hydrogens (tertiary/aromatic N) is 3. The Morgan fingerprint density at radius 3 is 2.39 bits per heavy atom. The molecule has 7 rings (SSSR count). The van der Waals surface area contributed by atoms with Crippen LogP contribution in [0.4, 0.5) is 17.2 Å². The van der Waals surface area contributed by atoms with Crippen molar-refractivity contribution in [1.82, 2.24) is 9.97 Å². The largest absolute Gasteiger partial charge is 0.294 e. The lowest BCUT2D eigenvalue weighted by Crippen LogP contribution is -2.27. The van der Waals surface area contributed by atoms with Crippen molar-refractivity contribution in [3.63, 3.8) is 0 Å². The van der Waals surface area contributed by atoms with E-state index < -0.39 is 0 Å². The third-order valence-corrected chi connectivity index (χ3v) is 6.40. The normalized spacial score (nSPS) is 14.6. The van der Waals surface area contributed by atoms with E-state index in [0.717, 1.165) is 25.1 Å². The van der Waals surface area contributed by atoms with Crippen LogP contribution in [-0.2, 0) is 19.3 Å². The van der Waals surface area contributed by atoms with Crippen molar-refractivity contribution < 1.29 is 0 Å². The van der Waals surface area contributed by atoms with Crippen LogP contribution in [0.15, 0.2) is 67.1 Å². The van der Waals surface area contributed by atoms with Crippen molar-refractivity contribution in [3.8, 4) is 11.1 Å². The van der Waals surface area contributed by atoms with Gasteiger partial charge in [-0.2, -0.15) is 0 Å². The molecule has 0 unspecified atom stereocenters. The number of pyridine rings is 2. The van der Waals surface area contributed by atoms with Gasteiger partial charge in [-0.25, -0.2) is 4.98 Å². The standard InChI is InChI=1S/C25H17N3/c1-2-6-20-15(4-1)12-22-21(20)8-7-16-10-18-13-26-14-19-11-17-5-3-9-27-25(17)28(23(18)19)24(16)22/h1-9,13-14H,10-12H2. The summed E-state index contributed by atoms with van der Waals surface area (Å²) in [6, 6.07) is 17.7. The number of hydrogen-bond donors (Lipinski definition) is 0. The van der Waals surface area contributed by atoms with Crippen molar-refractivity contribution >= 4 is 17.2 Å². The zero-order valence-electron chi connectivity index (χ0n) is 15.3. The van der Waals surface area contributed by atoms with E-state index >= 15 is 0 Å². The molecule has 1 aliphatic carbocycles. The SMILES string of the molecule is c1ccc2c(c1)Cc1c-2ccc2c1N1c3ncccc3Cc3cncc(c31)C2. The molecule has 0 saturated carbocycles. The number of benzene rings is 2. The maximum absolute atomic E-state index is 4.82. The van der Waals surface area contributed by atoms with Gasteiger partial charge in [-0.15, -0.1) is 0 Å². The first-order chi connectivity index (χ1) is 13.9. The summed E-state index contributed by atoms with van der Waals surface area (Å²) in [5.74, 6) is 1.08. The lowest BCUT2D eigenvalue weighted by molar-refractivity contribution is 0.954. The molecule has 0 spiro atoms. The van der Waals surface area contributed by atoms with E-state index in [4.69, 9.17) is 4.98 Å². The molecule has 0 amide bonds. The average Bonchev–Trinajstić information content (AvgIpc) is 3.12. The topological polar surface area (TPSA) is 29.0 Å². The van der Waals surface area contributed by atoms with Gasteiger partial charge in [-0.05, 0) is 50.6 Å². The summed E-state index contributed by atoms with van der Waals surface area (Å²) in [6.45, 7) is 0. The molecule has 0 N–H and O–H groups in total. The Morgan fingerprint density at radius 1 is 0.643 bits per heavy atom. The minimum absolute atomic E-state index is 0.903. The van der Waals surface area contributed by atoms with Gasteiger partial charge in [0.15, 0.2) is 0 Å². The van der Waals surface area contributed by atoms with E-state index in [-0.39, 0.29) is 0 Å². The zero-order valence-corrected chi connectivity index (χ0v) is 15.3. The molecule has 0 fully saturated rings. The molecule has 28 heavy (non-hydrogen) atoms. The molecule has 2 aromatic carbocycles. The summed E-state index contributed by atoms with van der Waals surface area (Å²) < 4.78 is 0. The highest BCUT2D eigenvalue weighted by Crippen LogP contribution is 2.53. The minimum atomic E-state index is 0.903. The highest BCUT2D eigenvalue weighted by Gasteiger charge is 2.36. The molecule has 132 valence electrons. The lowest BCUT2D eigenvalue weighted by Gasteiger charge is -2.39. The van der Waals surface area contributed by atoms with Gasteiger partial charge in [-0.1, -0.05) is 42.5 Å². The number of anilines is 3. The van der Waals surface area contributed by atoms with Crippen LogP contribution in [0.2, 0.25) is 0 Å². The first kappa shape index (κ1) is 14.6. The van der Waals surface area contributed by atoms with E-state index in [1.165, 1.54) is 55.9 Å². The van der Waals surface area contributed by atoms with Crippen molar-refractivity contribution in [1.29, 1.82) is 0 Å². The molecule has 0 bridgehead atoms. The Morgan fingerprint density at radius 2 is 1.46 bits per heavy atom. The monoisotopic (exact) mass is 359 g/mol. The fourth-order valence-corrected chi connectivity index (χ4v) is 5.26. The Bertz CT molecular complexity index is 1290. The minimum Gasteiger partial charge on any atom is -0.294 e. The third kappa shape index (κ3) is 1.74. The van der Waals surface area contributed by atoms with Crippen molar-refractivity contribution in [3.05, 3.63) is 101 Å². The molecule has 2 aromatic heterocycles. The van der Waals surface area contributed by atoms with Crippen LogP contribution in [0.5, 0.6) is 0 Å². The van der Waals surface area contributed by atoms with Crippen LogP contribution in [0.3, 0.4) is 0 Å². The van der Waals surface area contributed by atoms with Gasteiger partial charge in [0.25, 0.3) is 0 Å². The van der Waals surface area contributed by atoms with Crippen LogP contribution in [0.25, 0.3) is 11.1 Å². The van der Waals surface area contributed by atoms with Crippen LogP contribution in [0, 0.1) is 0 Å². The Labute approximate surface area is 163 Å². The fourth-order valence-electron chi connectivity index (χ4n) is 5.26. The van der Waals surface area contributed by atoms with Crippen LogP contribution in [0.1, 0.15) is 33.4 Å². The van der Waals surface area contributed by atoms with Crippen LogP contribution < -0.4 is 4.90 Å². The Balaban J connectivity index is 1.56. The van der Waals surface area contributed by atoms with Gasteiger partial charge < -0.3 is 0 Å². The van der Waals surface area contributed by atoms with Crippen LogP contribution in [-0.4, -0.2) is 9.97 Å². The molecular weight excluding hydrogens is 342 g/mol. The summed E-state index contributed by atoms with van der Waals surface area (Å²) in [4.78, 5) is 11.8. The highest BCUT2D eigenvalue weighted by molar-refractivity contribution is 5.93. The molecule has 4 heterocycles. The summed E-state index contributed by atoms with van der Waals surface area (Å²) in [5.41, 5.74) is 13.5. The first-order valence-corrected chi connectivity index (χ1v) is 9.81. The first-order valence-electron chi connectivity index (χ1n) is 9.81. The summed E-state index contributed by atoms with van der Waals surface area (Å²) in [5, 5.41) is 0. The predicted octanol–water partition coefficient (Wildman–Crippen LogP) is 5.33. The van der Waals surface area contributed by atoms with Gasteiger partial charge in [0.2, 0.25) is 0 Å². The summed E-state index contributed by atoms with van der Waals surface area (Å²) >= 11 is 0. The zero-order chi connectivity index (χ0) is 18.2. The smallest absolute Gasteiger partial charge is 0.141 e. The van der Waals surface area contributed by atoms with E-state index in [2.05, 4.69) is 52.3 Å². The Kier molecular flexibility index (Phi) is 2.64. The molecule has 4 aromatic rings. The molecule has 2 aliphatic heterocycles. The second-order valence-corrected chi connectivity index (χ2v) is 7.91. The lowest BCUT2D eigenvalue weighted by atomic mass is 9.87. The van der Waals surface area contributed by atoms with Crippen molar-refractivity contribution in [2.75, 3.05) is 4.90 Å². The van der Waals surface area contributed by atoms with Crippen molar-refractivity contribution in [2.24, 2.45) is 0 Å². The predicted molar refractivity (Wildman–Crippen MR) is 111 cm³/mol. The van der Waals surface area contributed by atoms with Gasteiger partial charge in [0, 0.05) is 37.9 Å². The van der Waals surface area contributed by atoms with E-state index in [1.807, 2.05) is 24.7 Å². The number of fused-ring (bicyclic) bond motifs is 8. The molecule has 0 radical (unpaired) electrons. The number of rotatable bonds is 0. The fraction of sp³-hybridized carbons (Fsp3) is 0.120. The molecule has 3 heteroatoms. The van der Waals surface area contributed by atoms with Gasteiger partial charge in [-0.3, -0.25) is 9.88 Å². The Hall–Kier alpha value is -3.46. The second kappa shape index (κ2) is 5.08. The maximum Gasteiger partial charge on any atom is 0.141 e. The second-order valence-electron chi connectivity index (χ2n) is 7.91. The van der Waals surface area contributed by atoms with E-state index in [0.29, 0.717) is 0 Å². The van der Waals surface area contributed by atoms with Gasteiger partial charge >= 0.3 is 0 Å². The number of aromatic nitrogens is 2. The van der Waals surface area contributed by atoms with Gasteiger partial charge in [0.05, 0.1) is 11.4 Å².